The Morgan fingerprint density at radius 2 is 2.38 bits per heavy atom. The molecule has 0 unspecified atom stereocenters. The van der Waals surface area contributed by atoms with E-state index in [1.54, 1.807) is 4.68 Å². The second-order valence-corrected chi connectivity index (χ2v) is 2.85. The van der Waals surface area contributed by atoms with Gasteiger partial charge in [-0.25, -0.2) is 10.6 Å². The van der Waals surface area contributed by atoms with Crippen molar-refractivity contribution in [1.82, 2.24) is 15.0 Å². The molecule has 68 valence electrons. The smallest absolute Gasteiger partial charge is 0.113 e. The van der Waals surface area contributed by atoms with Gasteiger partial charge in [0.25, 0.3) is 0 Å². The molecular formula is C8H10N4O. The van der Waals surface area contributed by atoms with Gasteiger partial charge in [0.2, 0.25) is 0 Å². The van der Waals surface area contributed by atoms with E-state index in [9.17, 15) is 0 Å². The summed E-state index contributed by atoms with van der Waals surface area (Å²) < 4.78 is 1.72. The molecule has 2 aromatic rings. The molecule has 1 aromatic heterocycles. The highest BCUT2D eigenvalue weighted by Gasteiger charge is 2.01. The number of aromatic nitrogens is 3. The number of hydrogen-bond acceptors (Lipinski definition) is 4. The average Bonchev–Trinajstić information content (AvgIpc) is 2.48. The zero-order chi connectivity index (χ0) is 9.26. The molecule has 0 fully saturated rings. The van der Waals surface area contributed by atoms with Gasteiger partial charge in [0.05, 0.1) is 12.1 Å². The van der Waals surface area contributed by atoms with E-state index < -0.39 is 0 Å². The number of nitrogens with two attached hydrogens (primary N) is 1. The summed E-state index contributed by atoms with van der Waals surface area (Å²) in [6.07, 6.45) is 0. The van der Waals surface area contributed by atoms with E-state index in [1.165, 1.54) is 0 Å². The van der Waals surface area contributed by atoms with Gasteiger partial charge >= 0.3 is 0 Å². The number of aryl methyl sites for hydroxylation is 1. The van der Waals surface area contributed by atoms with Gasteiger partial charge in [0.1, 0.15) is 5.52 Å². The van der Waals surface area contributed by atoms with E-state index in [4.69, 9.17) is 5.90 Å². The fourth-order valence-corrected chi connectivity index (χ4v) is 1.27. The van der Waals surface area contributed by atoms with Crippen LogP contribution in [0.3, 0.4) is 0 Å². The van der Waals surface area contributed by atoms with Crippen LogP contribution in [0.5, 0.6) is 0 Å². The quantitative estimate of drug-likeness (QED) is 0.674. The van der Waals surface area contributed by atoms with Gasteiger partial charge in [0.15, 0.2) is 0 Å². The third-order valence-corrected chi connectivity index (χ3v) is 1.93. The van der Waals surface area contributed by atoms with Crippen LogP contribution < -0.4 is 5.90 Å². The Morgan fingerprint density at radius 3 is 3.15 bits per heavy atom. The maximum Gasteiger partial charge on any atom is 0.113 e. The maximum atomic E-state index is 4.97. The molecule has 0 bridgehead atoms. The molecule has 2 N–H and O–H groups in total. The summed E-state index contributed by atoms with van der Waals surface area (Å²) in [5.41, 5.74) is 2.85. The summed E-state index contributed by atoms with van der Waals surface area (Å²) in [7, 11) is 1.86. The summed E-state index contributed by atoms with van der Waals surface area (Å²) in [5.74, 6) is 4.97. The number of hydrogen-bond donors (Lipinski definition) is 1. The SMILES string of the molecule is Cn1nnc2cc(CON)ccc21. The van der Waals surface area contributed by atoms with E-state index in [1.807, 2.05) is 25.2 Å². The van der Waals surface area contributed by atoms with Crippen LogP contribution >= 0.6 is 0 Å². The molecule has 0 aliphatic carbocycles. The monoisotopic (exact) mass is 178 g/mol. The summed E-state index contributed by atoms with van der Waals surface area (Å²) in [6.45, 7) is 0.395. The minimum absolute atomic E-state index is 0.395. The van der Waals surface area contributed by atoms with E-state index in [2.05, 4.69) is 15.1 Å². The normalized spacial score (nSPS) is 10.9. The molecule has 13 heavy (non-hydrogen) atoms. The Balaban J connectivity index is 2.50. The van der Waals surface area contributed by atoms with Gasteiger partial charge in [-0.1, -0.05) is 11.3 Å². The fraction of sp³-hybridized carbons (Fsp3) is 0.250. The Bertz CT molecular complexity index is 423. The van der Waals surface area contributed by atoms with Gasteiger partial charge in [-0.3, -0.25) is 4.84 Å². The first-order valence-electron chi connectivity index (χ1n) is 3.91. The van der Waals surface area contributed by atoms with Crippen LogP contribution in [0.2, 0.25) is 0 Å². The summed E-state index contributed by atoms with van der Waals surface area (Å²) in [4.78, 5) is 4.53. The Kier molecular flexibility index (Phi) is 1.96. The molecule has 5 heteroatoms. The second kappa shape index (κ2) is 3.12. The molecule has 0 saturated carbocycles. The molecule has 0 amide bonds. The van der Waals surface area contributed by atoms with Gasteiger partial charge in [-0.05, 0) is 17.7 Å². The van der Waals surface area contributed by atoms with Crippen molar-refractivity contribution >= 4 is 11.0 Å². The molecule has 1 aromatic carbocycles. The lowest BCUT2D eigenvalue weighted by molar-refractivity contribution is 0.124. The molecule has 0 spiro atoms. The molecule has 0 atom stereocenters. The van der Waals surface area contributed by atoms with Crippen LogP contribution in [0.1, 0.15) is 5.56 Å². The first-order valence-corrected chi connectivity index (χ1v) is 3.91. The van der Waals surface area contributed by atoms with Gasteiger partial charge < -0.3 is 0 Å². The lowest BCUT2D eigenvalue weighted by Crippen LogP contribution is -1.98. The van der Waals surface area contributed by atoms with E-state index in [-0.39, 0.29) is 0 Å². The zero-order valence-electron chi connectivity index (χ0n) is 7.27. The molecule has 0 aliphatic rings. The maximum absolute atomic E-state index is 4.97. The molecule has 0 aliphatic heterocycles. The molecule has 5 nitrogen and oxygen atoms in total. The standard InChI is InChI=1S/C8H10N4O/c1-12-8-3-2-6(5-13-9)4-7(8)10-11-12/h2-4H,5,9H2,1H3. The second-order valence-electron chi connectivity index (χ2n) is 2.85. The van der Waals surface area contributed by atoms with Crippen LogP contribution in [0, 0.1) is 0 Å². The molecule has 0 saturated heterocycles. The van der Waals surface area contributed by atoms with Crippen LogP contribution in [0.4, 0.5) is 0 Å². The Hall–Kier alpha value is -1.46. The van der Waals surface area contributed by atoms with Crippen LogP contribution in [-0.2, 0) is 18.5 Å². The highest BCUT2D eigenvalue weighted by Crippen LogP contribution is 2.12. The van der Waals surface area contributed by atoms with Crippen LogP contribution in [-0.4, -0.2) is 15.0 Å². The fourth-order valence-electron chi connectivity index (χ4n) is 1.27. The topological polar surface area (TPSA) is 66.0 Å². The largest absolute Gasteiger partial charge is 0.300 e. The Labute approximate surface area is 75.0 Å². The number of rotatable bonds is 2. The molecule has 2 rings (SSSR count). The zero-order valence-corrected chi connectivity index (χ0v) is 7.27. The predicted molar refractivity (Wildman–Crippen MR) is 47.5 cm³/mol. The highest BCUT2D eigenvalue weighted by atomic mass is 16.6. The van der Waals surface area contributed by atoms with E-state index in [0.29, 0.717) is 6.61 Å². The van der Waals surface area contributed by atoms with Crippen molar-refractivity contribution < 1.29 is 4.84 Å². The van der Waals surface area contributed by atoms with E-state index >= 15 is 0 Å². The Morgan fingerprint density at radius 1 is 1.54 bits per heavy atom. The van der Waals surface area contributed by atoms with Crippen LogP contribution in [0.25, 0.3) is 11.0 Å². The van der Waals surface area contributed by atoms with Crippen molar-refractivity contribution in [3.8, 4) is 0 Å². The van der Waals surface area contributed by atoms with Gasteiger partial charge in [-0.2, -0.15) is 0 Å². The van der Waals surface area contributed by atoms with Crippen molar-refractivity contribution in [3.63, 3.8) is 0 Å². The highest BCUT2D eigenvalue weighted by molar-refractivity contribution is 5.74. The summed E-state index contributed by atoms with van der Waals surface area (Å²) >= 11 is 0. The third-order valence-electron chi connectivity index (χ3n) is 1.93. The van der Waals surface area contributed by atoms with Crippen molar-refractivity contribution in [2.75, 3.05) is 0 Å². The first kappa shape index (κ1) is 8.15. The third kappa shape index (κ3) is 1.39. The molecule has 1 heterocycles. The van der Waals surface area contributed by atoms with E-state index in [0.717, 1.165) is 16.6 Å². The lowest BCUT2D eigenvalue weighted by Gasteiger charge is -1.97. The number of nitrogens with zero attached hydrogens (tertiary/aromatic N) is 3. The summed E-state index contributed by atoms with van der Waals surface area (Å²) in [6, 6.07) is 5.80. The average molecular weight is 178 g/mol. The number of benzene rings is 1. The first-order chi connectivity index (χ1) is 6.31. The van der Waals surface area contributed by atoms with Gasteiger partial charge in [-0.15, -0.1) is 5.10 Å². The lowest BCUT2D eigenvalue weighted by atomic mass is 10.2. The molecule has 0 radical (unpaired) electrons. The van der Waals surface area contributed by atoms with Gasteiger partial charge in [0, 0.05) is 7.05 Å². The minimum atomic E-state index is 0.395. The van der Waals surface area contributed by atoms with Crippen molar-refractivity contribution in [2.45, 2.75) is 6.61 Å². The van der Waals surface area contributed by atoms with Crippen LogP contribution in [0.15, 0.2) is 18.2 Å². The summed E-state index contributed by atoms with van der Waals surface area (Å²) in [5, 5.41) is 7.87. The van der Waals surface area contributed by atoms with Crippen molar-refractivity contribution in [1.29, 1.82) is 0 Å². The number of fused-ring (bicyclic) bond motifs is 1. The van der Waals surface area contributed by atoms with Crippen molar-refractivity contribution in [3.05, 3.63) is 23.8 Å². The molecular weight excluding hydrogens is 168 g/mol. The minimum Gasteiger partial charge on any atom is -0.300 e. The predicted octanol–water partition coefficient (Wildman–Crippen LogP) is 0.359. The van der Waals surface area contributed by atoms with Crippen molar-refractivity contribution in [2.24, 2.45) is 12.9 Å².